The lowest BCUT2D eigenvalue weighted by Gasteiger charge is -2.37. The molecule has 5 nitrogen and oxygen atoms in total. The lowest BCUT2D eigenvalue weighted by Crippen LogP contribution is -2.53. The number of hydrogen-bond acceptors (Lipinski definition) is 4. The maximum atomic E-state index is 12.0. The third kappa shape index (κ3) is 4.19. The highest BCUT2D eigenvalue weighted by Gasteiger charge is 2.39. The summed E-state index contributed by atoms with van der Waals surface area (Å²) in [6.07, 6.45) is -0.0465. The topological polar surface area (TPSA) is 72.6 Å². The SMILES string of the molecule is CC1(CN)CN(C(=O)OCc2ccccc2)CCC1=O.Cl. The molecular formula is C15H21ClN2O3. The van der Waals surface area contributed by atoms with Crippen LogP contribution in [0.1, 0.15) is 18.9 Å². The number of ketones is 1. The molecule has 2 rings (SSSR count). The molecule has 1 aliphatic rings. The second kappa shape index (κ2) is 7.43. The van der Waals surface area contributed by atoms with Crippen molar-refractivity contribution in [2.75, 3.05) is 19.6 Å². The van der Waals surface area contributed by atoms with Crippen LogP contribution in [0.2, 0.25) is 0 Å². The van der Waals surface area contributed by atoms with Gasteiger partial charge in [0.05, 0.1) is 5.41 Å². The van der Waals surface area contributed by atoms with Crippen LogP contribution in [0.4, 0.5) is 4.79 Å². The number of ether oxygens (including phenoxy) is 1. The fourth-order valence-electron chi connectivity index (χ4n) is 2.27. The zero-order valence-corrected chi connectivity index (χ0v) is 12.9. The van der Waals surface area contributed by atoms with Crippen LogP contribution >= 0.6 is 12.4 Å². The molecule has 1 aromatic carbocycles. The van der Waals surface area contributed by atoms with Gasteiger partial charge in [-0.15, -0.1) is 12.4 Å². The lowest BCUT2D eigenvalue weighted by atomic mass is 9.81. The molecule has 1 amide bonds. The van der Waals surface area contributed by atoms with Gasteiger partial charge < -0.3 is 15.4 Å². The average molecular weight is 313 g/mol. The summed E-state index contributed by atoms with van der Waals surface area (Å²) in [7, 11) is 0. The summed E-state index contributed by atoms with van der Waals surface area (Å²) in [4.78, 5) is 25.4. The highest BCUT2D eigenvalue weighted by Crippen LogP contribution is 2.25. The van der Waals surface area contributed by atoms with Crippen molar-refractivity contribution in [1.82, 2.24) is 4.90 Å². The van der Waals surface area contributed by atoms with Gasteiger partial charge in [0.2, 0.25) is 0 Å². The lowest BCUT2D eigenvalue weighted by molar-refractivity contribution is -0.131. The van der Waals surface area contributed by atoms with E-state index in [9.17, 15) is 9.59 Å². The van der Waals surface area contributed by atoms with E-state index in [0.29, 0.717) is 19.5 Å². The average Bonchev–Trinajstić information content (AvgIpc) is 2.48. The van der Waals surface area contributed by atoms with Gasteiger partial charge in [0.25, 0.3) is 0 Å². The second-order valence-corrected chi connectivity index (χ2v) is 5.40. The summed E-state index contributed by atoms with van der Waals surface area (Å²) in [5.74, 6) is 0.118. The number of likely N-dealkylation sites (tertiary alicyclic amines) is 1. The number of Topliss-reactive ketones (excluding diaryl/α,β-unsaturated/α-hetero) is 1. The minimum Gasteiger partial charge on any atom is -0.445 e. The first-order valence-electron chi connectivity index (χ1n) is 6.74. The van der Waals surface area contributed by atoms with Gasteiger partial charge in [-0.3, -0.25) is 4.79 Å². The molecule has 1 aromatic rings. The molecule has 1 unspecified atom stereocenters. The van der Waals surface area contributed by atoms with E-state index in [0.717, 1.165) is 5.56 Å². The van der Waals surface area contributed by atoms with Gasteiger partial charge in [0.15, 0.2) is 0 Å². The Kier molecular flexibility index (Phi) is 6.18. The van der Waals surface area contributed by atoms with Gasteiger partial charge in [0, 0.05) is 26.1 Å². The van der Waals surface area contributed by atoms with Crippen LogP contribution in [0.25, 0.3) is 0 Å². The Balaban J connectivity index is 0.00000220. The molecule has 116 valence electrons. The van der Waals surface area contributed by atoms with E-state index >= 15 is 0 Å². The summed E-state index contributed by atoms with van der Waals surface area (Å²) in [5, 5.41) is 0. The largest absolute Gasteiger partial charge is 0.445 e. The molecule has 0 aromatic heterocycles. The molecule has 1 fully saturated rings. The van der Waals surface area contributed by atoms with Gasteiger partial charge in [-0.1, -0.05) is 30.3 Å². The van der Waals surface area contributed by atoms with Crippen LogP contribution in [-0.2, 0) is 16.1 Å². The van der Waals surface area contributed by atoms with E-state index in [1.54, 1.807) is 11.8 Å². The Morgan fingerprint density at radius 2 is 2.05 bits per heavy atom. The molecule has 1 saturated heterocycles. The van der Waals surface area contributed by atoms with Crippen molar-refractivity contribution in [1.29, 1.82) is 0 Å². The van der Waals surface area contributed by atoms with E-state index in [1.807, 2.05) is 30.3 Å². The predicted molar refractivity (Wildman–Crippen MR) is 82.2 cm³/mol. The van der Waals surface area contributed by atoms with Crippen LogP contribution in [-0.4, -0.2) is 36.4 Å². The highest BCUT2D eigenvalue weighted by molar-refractivity contribution is 5.87. The van der Waals surface area contributed by atoms with Crippen molar-refractivity contribution in [3.63, 3.8) is 0 Å². The predicted octanol–water partition coefficient (Wildman–Crippen LogP) is 1.98. The number of rotatable bonds is 3. The maximum Gasteiger partial charge on any atom is 0.410 e. The fraction of sp³-hybridized carbons (Fsp3) is 0.467. The van der Waals surface area contributed by atoms with Crippen molar-refractivity contribution in [2.45, 2.75) is 20.0 Å². The van der Waals surface area contributed by atoms with E-state index in [-0.39, 0.29) is 37.4 Å². The van der Waals surface area contributed by atoms with Gasteiger partial charge in [0.1, 0.15) is 12.4 Å². The standard InChI is InChI=1S/C15H20N2O3.ClH/c1-15(10-16)11-17(8-7-13(15)18)14(19)20-9-12-5-3-2-4-6-12;/h2-6H,7-11,16H2,1H3;1H. The smallest absolute Gasteiger partial charge is 0.410 e. The van der Waals surface area contributed by atoms with Crippen LogP contribution in [0.3, 0.4) is 0 Å². The number of carbonyl (C=O) groups is 2. The Bertz CT molecular complexity index is 495. The van der Waals surface area contributed by atoms with Crippen molar-refractivity contribution < 1.29 is 14.3 Å². The molecule has 0 bridgehead atoms. The zero-order valence-electron chi connectivity index (χ0n) is 12.1. The molecule has 1 atom stereocenters. The van der Waals surface area contributed by atoms with Crippen LogP contribution in [0, 0.1) is 5.41 Å². The zero-order chi connectivity index (χ0) is 14.6. The van der Waals surface area contributed by atoms with Crippen molar-refractivity contribution in [3.05, 3.63) is 35.9 Å². The normalized spacial score (nSPS) is 21.6. The summed E-state index contributed by atoms with van der Waals surface area (Å²) in [6, 6.07) is 9.50. The first-order chi connectivity index (χ1) is 9.55. The molecule has 2 N–H and O–H groups in total. The van der Waals surface area contributed by atoms with Crippen molar-refractivity contribution >= 4 is 24.3 Å². The fourth-order valence-corrected chi connectivity index (χ4v) is 2.27. The molecule has 0 saturated carbocycles. The number of nitrogens with two attached hydrogens (primary N) is 1. The minimum atomic E-state index is -0.649. The monoisotopic (exact) mass is 312 g/mol. The Morgan fingerprint density at radius 3 is 2.67 bits per heavy atom. The first kappa shape index (κ1) is 17.5. The second-order valence-electron chi connectivity index (χ2n) is 5.40. The Hall–Kier alpha value is -1.59. The molecule has 6 heteroatoms. The number of benzene rings is 1. The van der Waals surface area contributed by atoms with Crippen LogP contribution in [0.15, 0.2) is 30.3 Å². The van der Waals surface area contributed by atoms with Gasteiger partial charge in [-0.2, -0.15) is 0 Å². The summed E-state index contributed by atoms with van der Waals surface area (Å²) < 4.78 is 5.28. The molecule has 21 heavy (non-hydrogen) atoms. The molecule has 1 heterocycles. The Morgan fingerprint density at radius 1 is 1.38 bits per heavy atom. The number of piperidine rings is 1. The maximum absolute atomic E-state index is 12.0. The van der Waals surface area contributed by atoms with Crippen molar-refractivity contribution in [3.8, 4) is 0 Å². The molecule has 1 aliphatic heterocycles. The summed E-state index contributed by atoms with van der Waals surface area (Å²) >= 11 is 0. The first-order valence-corrected chi connectivity index (χ1v) is 6.74. The molecule has 0 spiro atoms. The summed E-state index contributed by atoms with van der Waals surface area (Å²) in [6.45, 7) is 3.02. The number of carbonyl (C=O) groups excluding carboxylic acids is 2. The molecular weight excluding hydrogens is 292 g/mol. The van der Waals surface area contributed by atoms with Crippen LogP contribution < -0.4 is 5.73 Å². The number of halogens is 1. The third-order valence-electron chi connectivity index (χ3n) is 3.74. The van der Waals surface area contributed by atoms with E-state index in [4.69, 9.17) is 10.5 Å². The van der Waals surface area contributed by atoms with E-state index in [2.05, 4.69) is 0 Å². The van der Waals surface area contributed by atoms with Crippen molar-refractivity contribution in [2.24, 2.45) is 11.1 Å². The number of hydrogen-bond donors (Lipinski definition) is 1. The quantitative estimate of drug-likeness (QED) is 0.926. The third-order valence-corrected chi connectivity index (χ3v) is 3.74. The Labute approximate surface area is 130 Å². The molecule has 0 aliphatic carbocycles. The minimum absolute atomic E-state index is 0. The van der Waals surface area contributed by atoms with E-state index < -0.39 is 5.41 Å². The highest BCUT2D eigenvalue weighted by atomic mass is 35.5. The summed E-state index contributed by atoms with van der Waals surface area (Å²) in [5.41, 5.74) is 5.95. The molecule has 0 radical (unpaired) electrons. The van der Waals surface area contributed by atoms with Gasteiger partial charge >= 0.3 is 6.09 Å². The van der Waals surface area contributed by atoms with Crippen LogP contribution in [0.5, 0.6) is 0 Å². The van der Waals surface area contributed by atoms with Gasteiger partial charge in [-0.05, 0) is 12.5 Å². The van der Waals surface area contributed by atoms with Gasteiger partial charge in [-0.25, -0.2) is 4.79 Å². The van der Waals surface area contributed by atoms with E-state index in [1.165, 1.54) is 0 Å². The number of amides is 1. The number of nitrogens with zero attached hydrogens (tertiary/aromatic N) is 1.